The maximum Gasteiger partial charge on any atom is 0.220 e. The molecule has 1 saturated heterocycles. The Kier molecular flexibility index (Phi) is 8.95. The number of carbonyl (C=O) groups excluding carboxylic acids is 1. The number of amides is 1. The Labute approximate surface area is 143 Å². The molecule has 2 atom stereocenters. The second kappa shape index (κ2) is 10.4. The van der Waals surface area contributed by atoms with Crippen molar-refractivity contribution in [1.29, 1.82) is 0 Å². The van der Waals surface area contributed by atoms with Crippen LogP contribution in [0.4, 0.5) is 4.39 Å². The van der Waals surface area contributed by atoms with E-state index in [2.05, 4.69) is 10.6 Å². The van der Waals surface area contributed by atoms with E-state index in [0.717, 1.165) is 25.9 Å². The first-order valence-electron chi connectivity index (χ1n) is 8.07. The zero-order valence-electron chi connectivity index (χ0n) is 13.5. The van der Waals surface area contributed by atoms with Crippen molar-refractivity contribution in [3.8, 4) is 5.75 Å². The Morgan fingerprint density at radius 2 is 2.26 bits per heavy atom. The molecule has 1 fully saturated rings. The van der Waals surface area contributed by atoms with Crippen LogP contribution in [0.15, 0.2) is 24.3 Å². The molecule has 0 bridgehead atoms. The molecule has 1 aromatic carbocycles. The summed E-state index contributed by atoms with van der Waals surface area (Å²) in [4.78, 5) is 11.9. The van der Waals surface area contributed by atoms with E-state index >= 15 is 0 Å². The second-order valence-electron chi connectivity index (χ2n) is 5.78. The van der Waals surface area contributed by atoms with Crippen molar-refractivity contribution in [2.24, 2.45) is 5.92 Å². The van der Waals surface area contributed by atoms with Crippen molar-refractivity contribution in [2.75, 3.05) is 19.6 Å². The topological polar surface area (TPSA) is 50.4 Å². The molecule has 2 N–H and O–H groups in total. The Hall–Kier alpha value is -1.33. The number of carbonyl (C=O) groups is 1. The van der Waals surface area contributed by atoms with Gasteiger partial charge in [-0.05, 0) is 50.4 Å². The Morgan fingerprint density at radius 1 is 1.48 bits per heavy atom. The third-order valence-electron chi connectivity index (χ3n) is 4.05. The van der Waals surface area contributed by atoms with Gasteiger partial charge in [0.2, 0.25) is 5.91 Å². The summed E-state index contributed by atoms with van der Waals surface area (Å²) in [6.07, 6.45) is 3.11. The van der Waals surface area contributed by atoms with Gasteiger partial charge in [0.25, 0.3) is 0 Å². The van der Waals surface area contributed by atoms with Crippen LogP contribution in [0, 0.1) is 11.7 Å². The van der Waals surface area contributed by atoms with E-state index in [1.165, 1.54) is 6.07 Å². The second-order valence-corrected chi connectivity index (χ2v) is 5.78. The summed E-state index contributed by atoms with van der Waals surface area (Å²) in [5.74, 6) is 0.520. The molecule has 2 rings (SSSR count). The van der Waals surface area contributed by atoms with Gasteiger partial charge in [-0.3, -0.25) is 4.79 Å². The number of benzene rings is 1. The normalized spacial score (nSPS) is 18.1. The minimum Gasteiger partial charge on any atom is -0.486 e. The molecule has 1 amide bonds. The fourth-order valence-corrected chi connectivity index (χ4v) is 2.60. The quantitative estimate of drug-likeness (QED) is 0.762. The highest BCUT2D eigenvalue weighted by Gasteiger charge is 2.17. The van der Waals surface area contributed by atoms with Gasteiger partial charge in [0.1, 0.15) is 6.10 Å². The average Bonchev–Trinajstić information content (AvgIpc) is 3.04. The Morgan fingerprint density at radius 3 is 2.91 bits per heavy atom. The highest BCUT2D eigenvalue weighted by Crippen LogP contribution is 2.18. The van der Waals surface area contributed by atoms with Crippen LogP contribution in [0.25, 0.3) is 0 Å². The fourth-order valence-electron chi connectivity index (χ4n) is 2.60. The summed E-state index contributed by atoms with van der Waals surface area (Å²) < 4.78 is 19.2. The lowest BCUT2D eigenvalue weighted by atomic mass is 10.0. The third-order valence-corrected chi connectivity index (χ3v) is 4.05. The molecule has 0 aromatic heterocycles. The number of nitrogens with one attached hydrogen (secondary N) is 2. The number of rotatable bonds is 8. The van der Waals surface area contributed by atoms with Crippen molar-refractivity contribution >= 4 is 18.3 Å². The molecule has 1 heterocycles. The molecule has 0 radical (unpaired) electrons. The maximum atomic E-state index is 13.6. The monoisotopic (exact) mass is 344 g/mol. The first kappa shape index (κ1) is 19.7. The van der Waals surface area contributed by atoms with E-state index in [0.29, 0.717) is 25.3 Å². The Bertz CT molecular complexity index is 481. The van der Waals surface area contributed by atoms with Gasteiger partial charge >= 0.3 is 0 Å². The number of para-hydroxylation sites is 1. The molecule has 0 spiro atoms. The van der Waals surface area contributed by atoms with Gasteiger partial charge < -0.3 is 15.4 Å². The molecule has 23 heavy (non-hydrogen) atoms. The molecule has 0 aliphatic carbocycles. The summed E-state index contributed by atoms with van der Waals surface area (Å²) in [7, 11) is 0. The highest BCUT2D eigenvalue weighted by molar-refractivity contribution is 5.85. The predicted octanol–water partition coefficient (Wildman–Crippen LogP) is 2.91. The average molecular weight is 345 g/mol. The largest absolute Gasteiger partial charge is 0.486 e. The molecular weight excluding hydrogens is 319 g/mol. The predicted molar refractivity (Wildman–Crippen MR) is 91.6 cm³/mol. The van der Waals surface area contributed by atoms with Crippen molar-refractivity contribution in [2.45, 2.75) is 38.7 Å². The molecule has 1 aliphatic heterocycles. The molecule has 4 nitrogen and oxygen atoms in total. The fraction of sp³-hybridized carbons (Fsp3) is 0.588. The van der Waals surface area contributed by atoms with Gasteiger partial charge in [-0.2, -0.15) is 0 Å². The first-order valence-corrected chi connectivity index (χ1v) is 8.07. The van der Waals surface area contributed by atoms with Gasteiger partial charge in [-0.1, -0.05) is 19.1 Å². The van der Waals surface area contributed by atoms with Crippen LogP contribution in [0.3, 0.4) is 0 Å². The molecule has 1 aromatic rings. The zero-order valence-corrected chi connectivity index (χ0v) is 14.3. The van der Waals surface area contributed by atoms with Crippen molar-refractivity contribution in [3.05, 3.63) is 30.1 Å². The van der Waals surface area contributed by atoms with E-state index in [1.807, 2.05) is 6.92 Å². The smallest absolute Gasteiger partial charge is 0.220 e. The van der Waals surface area contributed by atoms with E-state index < -0.39 is 0 Å². The van der Waals surface area contributed by atoms with Gasteiger partial charge in [-0.15, -0.1) is 12.4 Å². The molecule has 6 heteroatoms. The Balaban J connectivity index is 0.00000264. The van der Waals surface area contributed by atoms with E-state index in [9.17, 15) is 9.18 Å². The summed E-state index contributed by atoms with van der Waals surface area (Å²) in [6, 6.07) is 6.34. The molecular formula is C17H26ClFN2O2. The lowest BCUT2D eigenvalue weighted by molar-refractivity contribution is -0.121. The van der Waals surface area contributed by atoms with E-state index in [4.69, 9.17) is 4.74 Å². The maximum absolute atomic E-state index is 13.6. The van der Waals surface area contributed by atoms with E-state index in [-0.39, 0.29) is 36.0 Å². The zero-order chi connectivity index (χ0) is 15.8. The minimum atomic E-state index is -0.374. The summed E-state index contributed by atoms with van der Waals surface area (Å²) in [5, 5.41) is 6.19. The molecule has 0 saturated carbocycles. The van der Waals surface area contributed by atoms with Crippen LogP contribution in [0.1, 0.15) is 32.6 Å². The molecule has 130 valence electrons. The number of ether oxygens (including phenoxy) is 1. The van der Waals surface area contributed by atoms with Gasteiger partial charge in [0.15, 0.2) is 11.6 Å². The number of hydrogen-bond donors (Lipinski definition) is 2. The minimum absolute atomic E-state index is 0. The lowest BCUT2D eigenvalue weighted by Crippen LogP contribution is -2.35. The standard InChI is InChI=1S/C17H25FN2O2.ClH/c1-2-14(22-16-6-4-3-5-15(16)18)12-20-17(21)8-7-13-9-10-19-11-13;/h3-6,13-14,19H,2,7-12H2,1H3,(H,20,21);1H. The van der Waals surface area contributed by atoms with Crippen LogP contribution >= 0.6 is 12.4 Å². The summed E-state index contributed by atoms with van der Waals surface area (Å²) >= 11 is 0. The van der Waals surface area contributed by atoms with Gasteiger partial charge in [-0.25, -0.2) is 4.39 Å². The van der Waals surface area contributed by atoms with Crippen LogP contribution < -0.4 is 15.4 Å². The number of halogens is 2. The van der Waals surface area contributed by atoms with Crippen LogP contribution in [0.2, 0.25) is 0 Å². The van der Waals surface area contributed by atoms with Crippen molar-refractivity contribution in [1.82, 2.24) is 10.6 Å². The SMILES string of the molecule is CCC(CNC(=O)CCC1CCNC1)Oc1ccccc1F.Cl. The molecule has 2 unspecified atom stereocenters. The van der Waals surface area contributed by atoms with Crippen molar-refractivity contribution in [3.63, 3.8) is 0 Å². The van der Waals surface area contributed by atoms with E-state index in [1.54, 1.807) is 18.2 Å². The van der Waals surface area contributed by atoms with Crippen LogP contribution in [0.5, 0.6) is 5.75 Å². The highest BCUT2D eigenvalue weighted by atomic mass is 35.5. The van der Waals surface area contributed by atoms with Crippen LogP contribution in [-0.4, -0.2) is 31.6 Å². The summed E-state index contributed by atoms with van der Waals surface area (Å²) in [6.45, 7) is 4.44. The van der Waals surface area contributed by atoms with Crippen LogP contribution in [-0.2, 0) is 4.79 Å². The lowest BCUT2D eigenvalue weighted by Gasteiger charge is -2.18. The van der Waals surface area contributed by atoms with Gasteiger partial charge in [0.05, 0.1) is 6.54 Å². The first-order chi connectivity index (χ1) is 10.7. The molecule has 1 aliphatic rings. The third kappa shape index (κ3) is 6.75. The summed E-state index contributed by atoms with van der Waals surface area (Å²) in [5.41, 5.74) is 0. The number of hydrogen-bond acceptors (Lipinski definition) is 3. The van der Waals surface area contributed by atoms with Crippen molar-refractivity contribution < 1.29 is 13.9 Å². The van der Waals surface area contributed by atoms with Gasteiger partial charge in [0, 0.05) is 6.42 Å².